The van der Waals surface area contributed by atoms with Crippen LogP contribution in [0.1, 0.15) is 21.7 Å². The van der Waals surface area contributed by atoms with Gasteiger partial charge in [0, 0.05) is 65.5 Å². The van der Waals surface area contributed by atoms with Crippen LogP contribution in [0.3, 0.4) is 0 Å². The Labute approximate surface area is 187 Å². The van der Waals surface area contributed by atoms with Gasteiger partial charge >= 0.3 is 6.18 Å². The topological polar surface area (TPSA) is 41.9 Å². The molecular weight excluding hydrogens is 433 g/mol. The molecule has 32 heavy (non-hydrogen) atoms. The Hall–Kier alpha value is -3.10. The first-order chi connectivity index (χ1) is 15.5. The number of thiophene rings is 1. The van der Waals surface area contributed by atoms with Crippen LogP contribution in [0.15, 0.2) is 67.1 Å². The number of halogens is 3. The number of benzene rings is 1. The van der Waals surface area contributed by atoms with E-state index >= 15 is 0 Å². The molecule has 0 saturated carbocycles. The summed E-state index contributed by atoms with van der Waals surface area (Å²) in [6.07, 6.45) is 1.92. The normalized spacial score (nSPS) is 14.3. The van der Waals surface area contributed by atoms with Gasteiger partial charge in [0.2, 0.25) is 0 Å². The summed E-state index contributed by atoms with van der Waals surface area (Å²) in [5.74, 6) is 0.721. The van der Waals surface area contributed by atoms with Crippen molar-refractivity contribution < 1.29 is 13.2 Å². The smallest absolute Gasteiger partial charge is 0.293 e. The number of fused-ring (bicyclic) bond motifs is 1. The lowest BCUT2D eigenvalue weighted by atomic mass is 10.1. The highest BCUT2D eigenvalue weighted by molar-refractivity contribution is 7.15. The van der Waals surface area contributed by atoms with Gasteiger partial charge < -0.3 is 0 Å². The maximum atomic E-state index is 12.8. The largest absolute Gasteiger partial charge is 0.416 e. The second-order valence-electron chi connectivity index (χ2n) is 7.70. The molecule has 0 N–H and O–H groups in total. The Bertz CT molecular complexity index is 1220. The molecule has 1 aliphatic heterocycles. The van der Waals surface area contributed by atoms with Crippen LogP contribution in [0.5, 0.6) is 0 Å². The van der Waals surface area contributed by atoms with Crippen LogP contribution in [-0.4, -0.2) is 26.4 Å². The lowest BCUT2D eigenvalue weighted by Crippen LogP contribution is -2.30. The first-order valence-corrected chi connectivity index (χ1v) is 11.0. The summed E-state index contributed by atoms with van der Waals surface area (Å²) in [6, 6.07) is 13.2. The average molecular weight is 453 g/mol. The van der Waals surface area contributed by atoms with Crippen molar-refractivity contribution in [2.24, 2.45) is 0 Å². The fraction of sp³-hybridized carbons (Fsp3) is 0.208. The molecule has 0 radical (unpaired) electrons. The zero-order valence-electron chi connectivity index (χ0n) is 17.0. The number of hydrogen-bond acceptors (Lipinski definition) is 5. The minimum Gasteiger partial charge on any atom is -0.293 e. The van der Waals surface area contributed by atoms with Gasteiger partial charge in [0.1, 0.15) is 0 Å². The molecule has 0 atom stereocenters. The van der Waals surface area contributed by atoms with Crippen molar-refractivity contribution in [1.29, 1.82) is 0 Å². The molecule has 5 rings (SSSR count). The number of alkyl halides is 3. The van der Waals surface area contributed by atoms with E-state index < -0.39 is 11.7 Å². The molecule has 1 aromatic carbocycles. The average Bonchev–Trinajstić information content (AvgIpc) is 3.27. The van der Waals surface area contributed by atoms with E-state index in [1.165, 1.54) is 17.0 Å². The van der Waals surface area contributed by atoms with Crippen LogP contribution in [0.4, 0.5) is 13.2 Å². The Kier molecular flexibility index (Phi) is 5.48. The predicted octanol–water partition coefficient (Wildman–Crippen LogP) is 5.84. The molecule has 4 nitrogen and oxygen atoms in total. The molecule has 4 aromatic rings. The van der Waals surface area contributed by atoms with Gasteiger partial charge in [0.05, 0.1) is 11.3 Å². The summed E-state index contributed by atoms with van der Waals surface area (Å²) >= 11 is 1.61. The highest BCUT2D eigenvalue weighted by Gasteiger charge is 2.30. The highest BCUT2D eigenvalue weighted by Crippen LogP contribution is 2.34. The van der Waals surface area contributed by atoms with Crippen molar-refractivity contribution >= 4 is 11.3 Å². The molecule has 8 heteroatoms. The molecular formula is C24H19F3N4S. The van der Waals surface area contributed by atoms with Gasteiger partial charge in [-0.25, -0.2) is 9.97 Å². The van der Waals surface area contributed by atoms with Gasteiger partial charge in [-0.15, -0.1) is 11.3 Å². The van der Waals surface area contributed by atoms with E-state index in [4.69, 9.17) is 4.98 Å². The SMILES string of the molecule is FC(F)(F)c1ccc(-c2ccc(CN3CCc4nc(-c5ccncc5)ncc4C3)s2)cc1. The maximum Gasteiger partial charge on any atom is 0.416 e. The summed E-state index contributed by atoms with van der Waals surface area (Å²) in [5.41, 5.74) is 3.35. The molecule has 0 unspecified atom stereocenters. The second kappa shape index (κ2) is 8.44. The predicted molar refractivity (Wildman–Crippen MR) is 118 cm³/mol. The lowest BCUT2D eigenvalue weighted by molar-refractivity contribution is -0.137. The maximum absolute atomic E-state index is 12.8. The quantitative estimate of drug-likeness (QED) is 0.390. The molecule has 0 aliphatic carbocycles. The third kappa shape index (κ3) is 4.42. The van der Waals surface area contributed by atoms with Crippen molar-refractivity contribution in [2.45, 2.75) is 25.7 Å². The van der Waals surface area contributed by atoms with Crippen molar-refractivity contribution in [2.75, 3.05) is 6.54 Å². The number of aromatic nitrogens is 3. The van der Waals surface area contributed by atoms with Gasteiger partial charge in [0.15, 0.2) is 5.82 Å². The minimum absolute atomic E-state index is 0.626. The van der Waals surface area contributed by atoms with E-state index in [-0.39, 0.29) is 0 Å². The van der Waals surface area contributed by atoms with Crippen LogP contribution < -0.4 is 0 Å². The first kappa shape index (κ1) is 20.8. The van der Waals surface area contributed by atoms with Crippen LogP contribution in [0.25, 0.3) is 21.8 Å². The molecule has 1 aliphatic rings. The standard InChI is InChI=1S/C24H19F3N4S/c25-24(26,27)19-3-1-16(2-4-19)22-6-5-20(32-22)15-31-12-9-21-18(14-31)13-29-23(30-21)17-7-10-28-11-8-17/h1-8,10-11,13H,9,12,14-15H2. The number of nitrogens with zero attached hydrogens (tertiary/aromatic N) is 4. The highest BCUT2D eigenvalue weighted by atomic mass is 32.1. The van der Waals surface area contributed by atoms with Crippen molar-refractivity contribution in [1.82, 2.24) is 19.9 Å². The van der Waals surface area contributed by atoms with Crippen LogP contribution >= 0.6 is 11.3 Å². The molecule has 4 heterocycles. The molecule has 0 spiro atoms. The Morgan fingerprint density at radius 1 is 0.938 bits per heavy atom. The van der Waals surface area contributed by atoms with E-state index in [1.54, 1.807) is 23.7 Å². The van der Waals surface area contributed by atoms with Gasteiger partial charge in [0.25, 0.3) is 0 Å². The molecule has 0 fully saturated rings. The van der Waals surface area contributed by atoms with Crippen molar-refractivity contribution in [3.05, 3.63) is 88.8 Å². The molecule has 3 aromatic heterocycles. The van der Waals surface area contributed by atoms with Gasteiger partial charge in [-0.2, -0.15) is 13.2 Å². The van der Waals surface area contributed by atoms with E-state index in [9.17, 15) is 13.2 Å². The second-order valence-corrected chi connectivity index (χ2v) is 8.87. The van der Waals surface area contributed by atoms with Gasteiger partial charge in [-0.05, 0) is 42.0 Å². The summed E-state index contributed by atoms with van der Waals surface area (Å²) < 4.78 is 38.4. The third-order valence-corrected chi connectivity index (χ3v) is 6.61. The van der Waals surface area contributed by atoms with Crippen molar-refractivity contribution in [3.8, 4) is 21.8 Å². The molecule has 0 bridgehead atoms. The minimum atomic E-state index is -4.31. The van der Waals surface area contributed by atoms with Crippen LogP contribution in [0, 0.1) is 0 Å². The molecule has 0 amide bonds. The summed E-state index contributed by atoms with van der Waals surface area (Å²) in [6.45, 7) is 2.46. The zero-order chi connectivity index (χ0) is 22.1. The Morgan fingerprint density at radius 2 is 1.72 bits per heavy atom. The number of rotatable bonds is 4. The summed E-state index contributed by atoms with van der Waals surface area (Å²) in [5, 5.41) is 0. The van der Waals surface area contributed by atoms with E-state index in [0.29, 0.717) is 0 Å². The molecule has 162 valence electrons. The third-order valence-electron chi connectivity index (χ3n) is 5.49. The number of pyridine rings is 1. The number of hydrogen-bond donors (Lipinski definition) is 0. The van der Waals surface area contributed by atoms with Crippen LogP contribution in [-0.2, 0) is 25.7 Å². The first-order valence-electron chi connectivity index (χ1n) is 10.2. The molecule has 0 saturated heterocycles. The van der Waals surface area contributed by atoms with Crippen LogP contribution in [0.2, 0.25) is 0 Å². The van der Waals surface area contributed by atoms with E-state index in [0.717, 1.165) is 71.3 Å². The van der Waals surface area contributed by atoms with Gasteiger partial charge in [-0.1, -0.05) is 12.1 Å². The van der Waals surface area contributed by atoms with E-state index in [1.807, 2.05) is 24.4 Å². The fourth-order valence-electron chi connectivity index (χ4n) is 3.81. The monoisotopic (exact) mass is 452 g/mol. The van der Waals surface area contributed by atoms with Crippen molar-refractivity contribution in [3.63, 3.8) is 0 Å². The lowest BCUT2D eigenvalue weighted by Gasteiger charge is -2.27. The summed E-state index contributed by atoms with van der Waals surface area (Å²) in [4.78, 5) is 17.8. The fourth-order valence-corrected chi connectivity index (χ4v) is 4.87. The zero-order valence-corrected chi connectivity index (χ0v) is 17.8. The Morgan fingerprint density at radius 3 is 2.47 bits per heavy atom. The Balaban J connectivity index is 1.26. The van der Waals surface area contributed by atoms with Gasteiger partial charge in [-0.3, -0.25) is 9.88 Å². The summed E-state index contributed by atoms with van der Waals surface area (Å²) in [7, 11) is 0. The van der Waals surface area contributed by atoms with E-state index in [2.05, 4.69) is 20.9 Å².